The van der Waals surface area contributed by atoms with Crippen LogP contribution in [0.1, 0.15) is 75.2 Å². The monoisotopic (exact) mass is 473 g/mol. The second-order valence-electron chi connectivity index (χ2n) is 10.2. The fourth-order valence-corrected chi connectivity index (χ4v) is 2.13. The Kier molecular flexibility index (Phi) is 11.1. The second kappa shape index (κ2) is 12.3. The standard InChI is InChI=1S/C21H39N5O7/c1-19(2,3)31-16(28)24-13(14(22)27)11-10-12-23-15(25-17(29)32-20(4,5)6)26-18(30)33-21(7,8)9/h13H,10-12H2,1-9H3,(H2,22,27)(H,24,28)(H2,23,25,26,29,30). The lowest BCUT2D eigenvalue weighted by Gasteiger charge is -2.22. The number of nitrogens with zero attached hydrogens (tertiary/aromatic N) is 1. The molecule has 0 bridgehead atoms. The van der Waals surface area contributed by atoms with Gasteiger partial charge in [0.25, 0.3) is 0 Å². The molecule has 0 spiro atoms. The van der Waals surface area contributed by atoms with Gasteiger partial charge in [-0.15, -0.1) is 0 Å². The molecule has 0 aromatic carbocycles. The first-order valence-electron chi connectivity index (χ1n) is 10.6. The van der Waals surface area contributed by atoms with E-state index in [1.165, 1.54) is 0 Å². The molecule has 1 unspecified atom stereocenters. The van der Waals surface area contributed by atoms with Crippen LogP contribution in [0.15, 0.2) is 4.99 Å². The van der Waals surface area contributed by atoms with Crippen molar-refractivity contribution in [3.05, 3.63) is 0 Å². The number of nitrogens with one attached hydrogen (secondary N) is 3. The average molecular weight is 474 g/mol. The van der Waals surface area contributed by atoms with E-state index in [1.807, 2.05) is 0 Å². The molecule has 12 nitrogen and oxygen atoms in total. The van der Waals surface area contributed by atoms with Crippen molar-refractivity contribution in [2.24, 2.45) is 10.7 Å². The summed E-state index contributed by atoms with van der Waals surface area (Å²) in [4.78, 5) is 51.8. The summed E-state index contributed by atoms with van der Waals surface area (Å²) in [5.41, 5.74) is 3.10. The van der Waals surface area contributed by atoms with E-state index in [0.717, 1.165) is 0 Å². The van der Waals surface area contributed by atoms with Gasteiger partial charge in [-0.25, -0.2) is 14.4 Å². The van der Waals surface area contributed by atoms with Crippen molar-refractivity contribution >= 4 is 30.1 Å². The van der Waals surface area contributed by atoms with Crippen LogP contribution in [0.4, 0.5) is 14.4 Å². The van der Waals surface area contributed by atoms with E-state index in [1.54, 1.807) is 62.3 Å². The number of rotatable bonds is 6. The first kappa shape index (κ1) is 29.9. The van der Waals surface area contributed by atoms with Crippen LogP contribution in [0.2, 0.25) is 0 Å². The average Bonchev–Trinajstić information content (AvgIpc) is 2.51. The molecular weight excluding hydrogens is 434 g/mol. The molecule has 0 aromatic heterocycles. The van der Waals surface area contributed by atoms with E-state index in [-0.39, 0.29) is 18.9 Å². The normalized spacial score (nSPS) is 12.6. The molecule has 0 saturated heterocycles. The molecule has 0 saturated carbocycles. The van der Waals surface area contributed by atoms with Crippen molar-refractivity contribution in [3.63, 3.8) is 0 Å². The van der Waals surface area contributed by atoms with Crippen molar-refractivity contribution in [1.82, 2.24) is 16.0 Å². The molecule has 0 radical (unpaired) electrons. The second-order valence-corrected chi connectivity index (χ2v) is 10.2. The van der Waals surface area contributed by atoms with Crippen molar-refractivity contribution in [2.45, 2.75) is 98.0 Å². The summed E-state index contributed by atoms with van der Waals surface area (Å²) in [5.74, 6) is -0.918. The summed E-state index contributed by atoms with van der Waals surface area (Å²) in [6, 6.07) is -0.976. The first-order valence-corrected chi connectivity index (χ1v) is 10.6. The molecule has 0 aromatic rings. The van der Waals surface area contributed by atoms with Gasteiger partial charge in [0.1, 0.15) is 22.8 Å². The molecule has 0 fully saturated rings. The summed E-state index contributed by atoms with van der Waals surface area (Å²) >= 11 is 0. The molecule has 5 N–H and O–H groups in total. The fourth-order valence-electron chi connectivity index (χ4n) is 2.13. The number of aliphatic imine (C=N–C) groups is 1. The number of carbonyl (C=O) groups is 4. The number of nitrogens with two attached hydrogens (primary N) is 1. The van der Waals surface area contributed by atoms with Crippen LogP contribution < -0.4 is 21.7 Å². The summed E-state index contributed by atoms with van der Waals surface area (Å²) in [5, 5.41) is 7.12. The lowest BCUT2D eigenvalue weighted by atomic mass is 10.1. The van der Waals surface area contributed by atoms with Crippen molar-refractivity contribution in [1.29, 1.82) is 0 Å². The number of guanidine groups is 1. The minimum Gasteiger partial charge on any atom is -0.444 e. The van der Waals surface area contributed by atoms with Crippen LogP contribution in [0, 0.1) is 0 Å². The zero-order valence-corrected chi connectivity index (χ0v) is 21.1. The van der Waals surface area contributed by atoms with Gasteiger partial charge >= 0.3 is 18.3 Å². The van der Waals surface area contributed by atoms with Crippen LogP contribution in [0.25, 0.3) is 0 Å². The minimum absolute atomic E-state index is 0.0840. The van der Waals surface area contributed by atoms with Crippen LogP contribution in [0.5, 0.6) is 0 Å². The van der Waals surface area contributed by atoms with E-state index in [2.05, 4.69) is 20.9 Å². The maximum absolute atomic E-state index is 12.1. The summed E-state index contributed by atoms with van der Waals surface area (Å²) in [6.07, 6.45) is -1.96. The van der Waals surface area contributed by atoms with Crippen LogP contribution in [0.3, 0.4) is 0 Å². The van der Waals surface area contributed by atoms with Gasteiger partial charge in [-0.05, 0) is 75.2 Å². The number of carbonyl (C=O) groups excluding carboxylic acids is 4. The van der Waals surface area contributed by atoms with E-state index in [0.29, 0.717) is 6.42 Å². The molecule has 0 aliphatic rings. The van der Waals surface area contributed by atoms with E-state index < -0.39 is 47.0 Å². The predicted molar refractivity (Wildman–Crippen MR) is 123 cm³/mol. The summed E-state index contributed by atoms with van der Waals surface area (Å²) in [6.45, 7) is 15.3. The third-order valence-corrected chi connectivity index (χ3v) is 3.19. The highest BCUT2D eigenvalue weighted by Gasteiger charge is 2.23. The van der Waals surface area contributed by atoms with Gasteiger partial charge in [0.15, 0.2) is 0 Å². The van der Waals surface area contributed by atoms with Gasteiger partial charge in [0.05, 0.1) is 0 Å². The van der Waals surface area contributed by atoms with Gasteiger partial charge in [0, 0.05) is 6.54 Å². The maximum atomic E-state index is 12.1. The Morgan fingerprint density at radius 2 is 1.15 bits per heavy atom. The quantitative estimate of drug-likeness (QED) is 0.199. The maximum Gasteiger partial charge on any atom is 0.414 e. The molecule has 1 atom stereocenters. The molecule has 190 valence electrons. The van der Waals surface area contributed by atoms with E-state index >= 15 is 0 Å². The fraction of sp³-hybridized carbons (Fsp3) is 0.762. The highest BCUT2D eigenvalue weighted by atomic mass is 16.6. The molecule has 0 rings (SSSR count). The number of primary amides is 1. The zero-order valence-electron chi connectivity index (χ0n) is 21.1. The van der Waals surface area contributed by atoms with Gasteiger partial charge in [-0.1, -0.05) is 0 Å². The van der Waals surface area contributed by atoms with Gasteiger partial charge in [-0.2, -0.15) is 0 Å². The highest BCUT2D eigenvalue weighted by molar-refractivity contribution is 6.01. The number of hydrogen-bond acceptors (Lipinski definition) is 8. The number of hydrogen-bond donors (Lipinski definition) is 4. The van der Waals surface area contributed by atoms with Crippen molar-refractivity contribution in [2.75, 3.05) is 6.54 Å². The van der Waals surface area contributed by atoms with Crippen LogP contribution in [-0.4, -0.2) is 59.5 Å². The smallest absolute Gasteiger partial charge is 0.414 e. The van der Waals surface area contributed by atoms with Crippen LogP contribution in [-0.2, 0) is 19.0 Å². The molecular formula is C21H39N5O7. The number of ether oxygens (including phenoxy) is 3. The molecule has 0 heterocycles. The predicted octanol–water partition coefficient (Wildman–Crippen LogP) is 2.55. The lowest BCUT2D eigenvalue weighted by molar-refractivity contribution is -0.120. The Balaban J connectivity index is 5.10. The molecule has 4 amide bonds. The molecule has 33 heavy (non-hydrogen) atoms. The Hall–Kier alpha value is -3.05. The summed E-state index contributed by atoms with van der Waals surface area (Å²) in [7, 11) is 0. The molecule has 12 heteroatoms. The zero-order chi connectivity index (χ0) is 26.0. The number of amides is 4. The first-order chi connectivity index (χ1) is 14.8. The van der Waals surface area contributed by atoms with Gasteiger partial charge in [-0.3, -0.25) is 20.4 Å². The largest absolute Gasteiger partial charge is 0.444 e. The van der Waals surface area contributed by atoms with Crippen LogP contribution >= 0.6 is 0 Å². The lowest BCUT2D eigenvalue weighted by Crippen LogP contribution is -2.47. The minimum atomic E-state index is -0.976. The Bertz CT molecular complexity index is 699. The van der Waals surface area contributed by atoms with Crippen molar-refractivity contribution in [3.8, 4) is 0 Å². The number of alkyl carbamates (subject to hydrolysis) is 3. The van der Waals surface area contributed by atoms with E-state index in [9.17, 15) is 19.2 Å². The van der Waals surface area contributed by atoms with Gasteiger partial charge < -0.3 is 25.3 Å². The van der Waals surface area contributed by atoms with Gasteiger partial charge in [0.2, 0.25) is 11.9 Å². The third-order valence-electron chi connectivity index (χ3n) is 3.19. The SMILES string of the molecule is CC(C)(C)OC(=O)NC(=NCCCC(NC(=O)OC(C)(C)C)C(N)=O)NC(=O)OC(C)(C)C. The van der Waals surface area contributed by atoms with Crippen molar-refractivity contribution < 1.29 is 33.4 Å². The summed E-state index contributed by atoms with van der Waals surface area (Å²) < 4.78 is 15.5. The molecule has 0 aliphatic carbocycles. The van der Waals surface area contributed by atoms with E-state index in [4.69, 9.17) is 19.9 Å². The topological polar surface area (TPSA) is 170 Å². The Labute approximate surface area is 195 Å². The molecule has 0 aliphatic heterocycles. The highest BCUT2D eigenvalue weighted by Crippen LogP contribution is 2.09. The third kappa shape index (κ3) is 17.2. The Morgan fingerprint density at radius 1 is 0.758 bits per heavy atom. The Morgan fingerprint density at radius 3 is 1.52 bits per heavy atom.